The van der Waals surface area contributed by atoms with E-state index in [9.17, 15) is 4.79 Å². The quantitative estimate of drug-likeness (QED) is 0.541. The fourth-order valence-corrected chi connectivity index (χ4v) is 3.34. The Balaban J connectivity index is 1.96. The minimum atomic E-state index is -0.801. The number of carboxylic acid groups (broad SMARTS) is 1. The van der Waals surface area contributed by atoms with Crippen molar-refractivity contribution < 1.29 is 9.90 Å². The molecule has 27 heavy (non-hydrogen) atoms. The summed E-state index contributed by atoms with van der Waals surface area (Å²) in [7, 11) is 0. The maximum absolute atomic E-state index is 11.0. The molecule has 140 valence electrons. The summed E-state index contributed by atoms with van der Waals surface area (Å²) < 4.78 is 2.83. The Hall–Kier alpha value is -2.40. The number of hydrogen-bond donors (Lipinski definition) is 1. The first kappa shape index (κ1) is 19.4. The first-order valence-corrected chi connectivity index (χ1v) is 9.87. The Morgan fingerprint density at radius 3 is 2.37 bits per heavy atom. The van der Waals surface area contributed by atoms with Crippen molar-refractivity contribution >= 4 is 21.9 Å². The summed E-state index contributed by atoms with van der Waals surface area (Å²) in [6.45, 7) is 4.41. The summed E-state index contributed by atoms with van der Waals surface area (Å²) in [5, 5.41) is 13.8. The molecule has 3 rings (SSSR count). The lowest BCUT2D eigenvalue weighted by molar-refractivity contribution is -0.136. The number of aryl methyl sites for hydroxylation is 1. The van der Waals surface area contributed by atoms with E-state index in [4.69, 9.17) is 10.2 Å². The van der Waals surface area contributed by atoms with E-state index in [0.29, 0.717) is 12.3 Å². The molecule has 3 aromatic rings. The molecule has 0 aliphatic rings. The summed E-state index contributed by atoms with van der Waals surface area (Å²) in [5.41, 5.74) is 5.04. The van der Waals surface area contributed by atoms with Crippen LogP contribution in [0.4, 0.5) is 0 Å². The van der Waals surface area contributed by atoms with Crippen LogP contribution in [0.15, 0.2) is 59.2 Å². The molecule has 0 amide bonds. The third-order valence-electron chi connectivity index (χ3n) is 4.36. The van der Waals surface area contributed by atoms with Gasteiger partial charge in [0.1, 0.15) is 0 Å². The molecular formula is C22H23BrN2O2. The summed E-state index contributed by atoms with van der Waals surface area (Å²) in [5.74, 6) is -0.191. The van der Waals surface area contributed by atoms with Gasteiger partial charge in [0.25, 0.3) is 0 Å². The van der Waals surface area contributed by atoms with Crippen LogP contribution in [0.5, 0.6) is 0 Å². The molecule has 4 nitrogen and oxygen atoms in total. The van der Waals surface area contributed by atoms with Crippen molar-refractivity contribution in [3.8, 4) is 16.9 Å². The van der Waals surface area contributed by atoms with Gasteiger partial charge in [-0.25, -0.2) is 4.68 Å². The summed E-state index contributed by atoms with van der Waals surface area (Å²) >= 11 is 3.44. The number of nitrogens with zero attached hydrogens (tertiary/aromatic N) is 2. The van der Waals surface area contributed by atoms with Crippen molar-refractivity contribution in [2.24, 2.45) is 5.92 Å². The second-order valence-corrected chi connectivity index (χ2v) is 8.03. The van der Waals surface area contributed by atoms with Gasteiger partial charge < -0.3 is 5.11 Å². The fourth-order valence-electron chi connectivity index (χ4n) is 3.07. The Kier molecular flexibility index (Phi) is 6.11. The van der Waals surface area contributed by atoms with E-state index in [0.717, 1.165) is 33.4 Å². The molecule has 0 atom stereocenters. The maximum atomic E-state index is 11.0. The van der Waals surface area contributed by atoms with Crippen LogP contribution in [0.25, 0.3) is 16.9 Å². The van der Waals surface area contributed by atoms with Gasteiger partial charge in [0.05, 0.1) is 11.4 Å². The number of aliphatic carboxylic acids is 1. The second-order valence-electron chi connectivity index (χ2n) is 7.11. The van der Waals surface area contributed by atoms with Crippen molar-refractivity contribution in [1.29, 1.82) is 0 Å². The zero-order valence-electron chi connectivity index (χ0n) is 15.5. The maximum Gasteiger partial charge on any atom is 0.303 e. The monoisotopic (exact) mass is 426 g/mol. The molecule has 0 saturated heterocycles. The molecule has 0 fully saturated rings. The zero-order valence-corrected chi connectivity index (χ0v) is 17.1. The van der Waals surface area contributed by atoms with Gasteiger partial charge in [0, 0.05) is 22.7 Å². The third kappa shape index (κ3) is 5.07. The summed E-state index contributed by atoms with van der Waals surface area (Å²) in [4.78, 5) is 11.0. The van der Waals surface area contributed by atoms with Crippen molar-refractivity contribution in [1.82, 2.24) is 9.78 Å². The van der Waals surface area contributed by atoms with Crippen LogP contribution in [0, 0.1) is 5.92 Å². The normalized spacial score (nSPS) is 11.1. The van der Waals surface area contributed by atoms with Gasteiger partial charge in [-0.2, -0.15) is 5.10 Å². The average molecular weight is 427 g/mol. The molecule has 0 bridgehead atoms. The van der Waals surface area contributed by atoms with E-state index in [1.54, 1.807) is 0 Å². The second kappa shape index (κ2) is 8.53. The molecular weight excluding hydrogens is 404 g/mol. The van der Waals surface area contributed by atoms with E-state index >= 15 is 0 Å². The van der Waals surface area contributed by atoms with Crippen LogP contribution < -0.4 is 0 Å². The van der Waals surface area contributed by atoms with Crippen LogP contribution in [-0.4, -0.2) is 20.9 Å². The van der Waals surface area contributed by atoms with Crippen molar-refractivity contribution in [3.63, 3.8) is 0 Å². The van der Waals surface area contributed by atoms with Crippen molar-refractivity contribution in [2.45, 2.75) is 33.1 Å². The highest BCUT2D eigenvalue weighted by Crippen LogP contribution is 2.26. The highest BCUT2D eigenvalue weighted by atomic mass is 79.9. The number of aromatic nitrogens is 2. The Morgan fingerprint density at radius 2 is 1.78 bits per heavy atom. The number of hydrogen-bond acceptors (Lipinski definition) is 2. The van der Waals surface area contributed by atoms with Crippen molar-refractivity contribution in [2.75, 3.05) is 0 Å². The zero-order chi connectivity index (χ0) is 19.4. The number of benzene rings is 2. The van der Waals surface area contributed by atoms with Gasteiger partial charge in [-0.15, -0.1) is 0 Å². The molecule has 1 heterocycles. The molecule has 0 unspecified atom stereocenters. The average Bonchev–Trinajstić information content (AvgIpc) is 3.05. The van der Waals surface area contributed by atoms with Crippen LogP contribution in [-0.2, 0) is 17.6 Å². The lowest BCUT2D eigenvalue weighted by Crippen LogP contribution is -1.98. The number of carboxylic acids is 1. The number of halogens is 1. The van der Waals surface area contributed by atoms with Crippen LogP contribution in [0.3, 0.4) is 0 Å². The van der Waals surface area contributed by atoms with E-state index in [2.05, 4.69) is 54.0 Å². The molecule has 0 aliphatic heterocycles. The van der Waals surface area contributed by atoms with Gasteiger partial charge in [-0.3, -0.25) is 4.79 Å². The summed E-state index contributed by atoms with van der Waals surface area (Å²) in [6, 6.07) is 16.3. The standard InChI is InChI=1S/C22H23BrN2O2/c1-15(2)13-16-3-5-17(6-4-16)22-18(7-12-21(26)27)14-25(24-22)20-10-8-19(23)9-11-20/h3-6,8-11,14-15H,7,12-13H2,1-2H3,(H,26,27). The SMILES string of the molecule is CC(C)Cc1ccc(-c2nn(-c3ccc(Br)cc3)cc2CCC(=O)O)cc1. The molecule has 2 aromatic carbocycles. The van der Waals surface area contributed by atoms with Crippen LogP contribution in [0.2, 0.25) is 0 Å². The molecule has 0 aliphatic carbocycles. The van der Waals surface area contributed by atoms with Crippen LogP contribution >= 0.6 is 15.9 Å². The summed E-state index contributed by atoms with van der Waals surface area (Å²) in [6.07, 6.45) is 3.52. The molecule has 5 heteroatoms. The Bertz CT molecular complexity index is 912. The van der Waals surface area contributed by atoms with Gasteiger partial charge in [-0.05, 0) is 54.2 Å². The highest BCUT2D eigenvalue weighted by molar-refractivity contribution is 9.10. The molecule has 0 radical (unpaired) electrons. The van der Waals surface area contributed by atoms with Gasteiger partial charge >= 0.3 is 5.97 Å². The fraction of sp³-hybridized carbons (Fsp3) is 0.273. The number of rotatable bonds is 7. The van der Waals surface area contributed by atoms with E-state index in [1.165, 1.54) is 5.56 Å². The lowest BCUT2D eigenvalue weighted by Gasteiger charge is -2.06. The third-order valence-corrected chi connectivity index (χ3v) is 4.89. The smallest absolute Gasteiger partial charge is 0.303 e. The first-order valence-electron chi connectivity index (χ1n) is 9.08. The number of carbonyl (C=O) groups is 1. The topological polar surface area (TPSA) is 55.1 Å². The van der Waals surface area contributed by atoms with Gasteiger partial charge in [0.2, 0.25) is 0 Å². The molecule has 1 aromatic heterocycles. The Morgan fingerprint density at radius 1 is 1.11 bits per heavy atom. The van der Waals surface area contributed by atoms with E-state index < -0.39 is 5.97 Å². The molecule has 0 saturated carbocycles. The highest BCUT2D eigenvalue weighted by Gasteiger charge is 2.14. The predicted octanol–water partition coefficient (Wildman–Crippen LogP) is 5.52. The largest absolute Gasteiger partial charge is 0.481 e. The van der Waals surface area contributed by atoms with Gasteiger partial charge in [0.15, 0.2) is 0 Å². The predicted molar refractivity (Wildman–Crippen MR) is 111 cm³/mol. The van der Waals surface area contributed by atoms with E-state index in [-0.39, 0.29) is 6.42 Å². The van der Waals surface area contributed by atoms with E-state index in [1.807, 2.05) is 35.1 Å². The Labute approximate surface area is 168 Å². The minimum absolute atomic E-state index is 0.0878. The van der Waals surface area contributed by atoms with Gasteiger partial charge in [-0.1, -0.05) is 54.0 Å². The first-order chi connectivity index (χ1) is 12.9. The molecule has 0 spiro atoms. The van der Waals surface area contributed by atoms with Crippen LogP contribution in [0.1, 0.15) is 31.4 Å². The minimum Gasteiger partial charge on any atom is -0.481 e. The molecule has 1 N–H and O–H groups in total. The lowest BCUT2D eigenvalue weighted by atomic mass is 9.99. The van der Waals surface area contributed by atoms with Crippen molar-refractivity contribution in [3.05, 3.63) is 70.3 Å².